The highest BCUT2D eigenvalue weighted by molar-refractivity contribution is 8.02. The summed E-state index contributed by atoms with van der Waals surface area (Å²) in [6, 6.07) is 19.2. The predicted octanol–water partition coefficient (Wildman–Crippen LogP) is 5.45. The quantitative estimate of drug-likeness (QED) is 0.197. The summed E-state index contributed by atoms with van der Waals surface area (Å²) in [6.45, 7) is 12.2. The fraction of sp³-hybridized carbons (Fsp3) is 0.486. The van der Waals surface area contributed by atoms with E-state index in [-0.39, 0.29) is 24.3 Å². The molecule has 2 aromatic rings. The van der Waals surface area contributed by atoms with Crippen LogP contribution in [0.25, 0.3) is 0 Å². The third-order valence-electron chi connectivity index (χ3n) is 9.84. The van der Waals surface area contributed by atoms with Crippen molar-refractivity contribution in [2.75, 3.05) is 26.2 Å². The lowest BCUT2D eigenvalue weighted by atomic mass is 9.66. The number of nitrogens with zero attached hydrogens (tertiary/aromatic N) is 3. The van der Waals surface area contributed by atoms with Crippen molar-refractivity contribution in [2.24, 2.45) is 11.8 Å². The van der Waals surface area contributed by atoms with Gasteiger partial charge >= 0.3 is 0 Å². The number of amides is 3. The summed E-state index contributed by atoms with van der Waals surface area (Å²) in [7, 11) is 0. The minimum absolute atomic E-state index is 0.0306. The zero-order chi connectivity index (χ0) is 32.0. The van der Waals surface area contributed by atoms with Crippen molar-refractivity contribution in [2.45, 2.75) is 74.1 Å². The van der Waals surface area contributed by atoms with Crippen molar-refractivity contribution in [3.05, 3.63) is 97.1 Å². The Morgan fingerprint density at radius 2 is 1.44 bits per heavy atom. The maximum atomic E-state index is 14.7. The van der Waals surface area contributed by atoms with Gasteiger partial charge in [-0.3, -0.25) is 14.4 Å². The number of fused-ring (bicyclic) bond motifs is 1. The number of hydrogen-bond acceptors (Lipinski definition) is 5. The Morgan fingerprint density at radius 1 is 0.889 bits per heavy atom. The second-order valence-corrected chi connectivity index (χ2v) is 14.8. The Bertz CT molecular complexity index is 1370. The number of aliphatic hydroxyl groups is 1. The molecule has 1 spiro atoms. The number of aliphatic hydroxyl groups excluding tert-OH is 1. The van der Waals surface area contributed by atoms with Crippen LogP contribution < -0.4 is 0 Å². The van der Waals surface area contributed by atoms with E-state index < -0.39 is 27.4 Å². The molecule has 0 aliphatic carbocycles. The van der Waals surface area contributed by atoms with Gasteiger partial charge in [0.1, 0.15) is 6.04 Å². The highest BCUT2D eigenvalue weighted by atomic mass is 32.2. The van der Waals surface area contributed by atoms with E-state index in [9.17, 15) is 19.5 Å². The number of rotatable bonds is 16. The van der Waals surface area contributed by atoms with E-state index in [0.717, 1.165) is 49.7 Å². The molecule has 240 valence electrons. The number of unbranched alkanes of at least 4 members (excludes halogenated alkanes) is 3. The number of likely N-dealkylation sites (tertiary alicyclic amines) is 1. The largest absolute Gasteiger partial charge is 0.396 e. The van der Waals surface area contributed by atoms with Crippen LogP contribution in [-0.4, -0.2) is 79.3 Å². The van der Waals surface area contributed by atoms with Gasteiger partial charge in [-0.1, -0.05) is 85.7 Å². The van der Waals surface area contributed by atoms with Gasteiger partial charge in [0.15, 0.2) is 0 Å². The molecule has 2 aromatic carbocycles. The molecule has 0 saturated carbocycles. The molecule has 3 aliphatic rings. The fourth-order valence-electron chi connectivity index (χ4n) is 7.82. The lowest BCUT2D eigenvalue weighted by molar-refractivity contribution is -0.146. The number of hydrogen-bond donors (Lipinski definition) is 1. The Kier molecular flexibility index (Phi) is 10.6. The second kappa shape index (κ2) is 14.4. The predicted molar refractivity (Wildman–Crippen MR) is 180 cm³/mol. The van der Waals surface area contributed by atoms with Crippen LogP contribution in [0.15, 0.2) is 86.0 Å². The topological polar surface area (TPSA) is 81.2 Å². The van der Waals surface area contributed by atoms with Gasteiger partial charge in [-0.15, -0.1) is 24.9 Å². The highest BCUT2D eigenvalue weighted by Gasteiger charge is 2.77. The molecule has 0 aromatic heterocycles. The van der Waals surface area contributed by atoms with Crippen LogP contribution >= 0.6 is 11.8 Å². The van der Waals surface area contributed by atoms with Gasteiger partial charge in [-0.2, -0.15) is 0 Å². The molecule has 3 fully saturated rings. The van der Waals surface area contributed by atoms with Crippen molar-refractivity contribution in [1.29, 1.82) is 0 Å². The van der Waals surface area contributed by atoms with Crippen LogP contribution in [-0.2, 0) is 27.5 Å². The van der Waals surface area contributed by atoms with E-state index in [1.807, 2.05) is 75.4 Å². The molecule has 1 N–H and O–H groups in total. The van der Waals surface area contributed by atoms with Crippen LogP contribution in [0.1, 0.15) is 56.6 Å². The molecule has 2 bridgehead atoms. The molecule has 5 rings (SSSR count). The Balaban J connectivity index is 1.49. The molecule has 45 heavy (non-hydrogen) atoms. The third kappa shape index (κ3) is 6.50. The van der Waals surface area contributed by atoms with Gasteiger partial charge in [0.25, 0.3) is 0 Å². The molecule has 2 unspecified atom stereocenters. The number of carbonyl (C=O) groups excluding carboxylic acids is 3. The average molecular weight is 630 g/mol. The molecular weight excluding hydrogens is 582 g/mol. The first-order chi connectivity index (χ1) is 21.8. The van der Waals surface area contributed by atoms with E-state index in [1.165, 1.54) is 0 Å². The maximum absolute atomic E-state index is 14.7. The van der Waals surface area contributed by atoms with Crippen molar-refractivity contribution < 1.29 is 19.5 Å². The summed E-state index contributed by atoms with van der Waals surface area (Å²) in [5, 5.41) is 9.26. The van der Waals surface area contributed by atoms with E-state index in [2.05, 4.69) is 20.1 Å². The lowest BCUT2D eigenvalue weighted by Gasteiger charge is -2.38. The van der Waals surface area contributed by atoms with Crippen LogP contribution in [0.5, 0.6) is 0 Å². The highest BCUT2D eigenvalue weighted by Crippen LogP contribution is 2.71. The van der Waals surface area contributed by atoms with Gasteiger partial charge in [0, 0.05) is 44.1 Å². The molecule has 8 heteroatoms. The standard InChI is InChI=1S/C37H47N3O4S/c1-4-22-38(26-28-16-10-8-11-17-28)33(42)30-31-34(43)40(24-14-6-7-15-25-41)32(37(31)21-20-36(30,3)45-37)35(44)39(23-5-2)27-29-18-12-9-13-19-29/h4-5,8-13,16-19,30-32,41H,1-2,6-7,14-15,20-27H2,3H3/t30-,31-,32?,36+,37?/m0/s1. The van der Waals surface area contributed by atoms with Gasteiger partial charge in [0.2, 0.25) is 17.7 Å². The molecule has 7 nitrogen and oxygen atoms in total. The summed E-state index contributed by atoms with van der Waals surface area (Å²) in [4.78, 5) is 49.4. The van der Waals surface area contributed by atoms with Gasteiger partial charge in [0.05, 0.1) is 16.6 Å². The summed E-state index contributed by atoms with van der Waals surface area (Å²) >= 11 is 1.72. The summed E-state index contributed by atoms with van der Waals surface area (Å²) < 4.78 is -1.11. The number of benzene rings is 2. The Morgan fingerprint density at radius 3 is 2.00 bits per heavy atom. The van der Waals surface area contributed by atoms with Crippen molar-refractivity contribution in [1.82, 2.24) is 14.7 Å². The van der Waals surface area contributed by atoms with Crippen molar-refractivity contribution in [3.63, 3.8) is 0 Å². The zero-order valence-electron chi connectivity index (χ0n) is 26.5. The minimum Gasteiger partial charge on any atom is -0.396 e. The summed E-state index contributed by atoms with van der Waals surface area (Å²) in [6.07, 6.45) is 8.19. The number of carbonyl (C=O) groups is 3. The summed E-state index contributed by atoms with van der Waals surface area (Å²) in [5.74, 6) is -1.25. The van der Waals surface area contributed by atoms with Crippen molar-refractivity contribution in [3.8, 4) is 0 Å². The normalized spacial score (nSPS) is 26.5. The van der Waals surface area contributed by atoms with Gasteiger partial charge in [-0.25, -0.2) is 0 Å². The van der Waals surface area contributed by atoms with E-state index in [1.54, 1.807) is 23.9 Å². The average Bonchev–Trinajstić information content (AvgIpc) is 3.61. The molecule has 0 radical (unpaired) electrons. The van der Waals surface area contributed by atoms with E-state index >= 15 is 0 Å². The second-order valence-electron chi connectivity index (χ2n) is 12.9. The first-order valence-electron chi connectivity index (χ1n) is 16.3. The SMILES string of the molecule is C=CCN(Cc1ccccc1)C(=O)C1N(CCCCCCO)C(=O)[C@@H]2[C@@H](C(=O)N(CC=C)Cc3ccccc3)[C@@]3(C)CCC12S3. The Labute approximate surface area is 272 Å². The molecule has 3 aliphatic heterocycles. The Hall–Kier alpha value is -3.36. The van der Waals surface area contributed by atoms with E-state index in [4.69, 9.17) is 0 Å². The van der Waals surface area contributed by atoms with Crippen molar-refractivity contribution >= 4 is 29.5 Å². The molecule has 3 heterocycles. The third-order valence-corrected chi connectivity index (χ3v) is 11.8. The first kappa shape index (κ1) is 33.0. The monoisotopic (exact) mass is 629 g/mol. The summed E-state index contributed by atoms with van der Waals surface area (Å²) in [5.41, 5.74) is 2.05. The zero-order valence-corrected chi connectivity index (χ0v) is 27.3. The molecule has 3 saturated heterocycles. The smallest absolute Gasteiger partial charge is 0.247 e. The first-order valence-corrected chi connectivity index (χ1v) is 17.1. The van der Waals surface area contributed by atoms with Crippen LogP contribution in [0.2, 0.25) is 0 Å². The fourth-order valence-corrected chi connectivity index (χ4v) is 10.2. The maximum Gasteiger partial charge on any atom is 0.247 e. The van der Waals surface area contributed by atoms with Gasteiger partial charge < -0.3 is 19.8 Å². The molecule has 3 amide bonds. The minimum atomic E-state index is -0.670. The van der Waals surface area contributed by atoms with Crippen LogP contribution in [0.3, 0.4) is 0 Å². The lowest BCUT2D eigenvalue weighted by Crippen LogP contribution is -2.55. The van der Waals surface area contributed by atoms with Gasteiger partial charge in [-0.05, 0) is 43.7 Å². The van der Waals surface area contributed by atoms with Crippen LogP contribution in [0.4, 0.5) is 0 Å². The van der Waals surface area contributed by atoms with E-state index in [0.29, 0.717) is 32.7 Å². The van der Waals surface area contributed by atoms with Crippen LogP contribution in [0, 0.1) is 11.8 Å². The number of thioether (sulfide) groups is 1. The molecular formula is C37H47N3O4S. The molecule has 5 atom stereocenters.